The Balaban J connectivity index is 1.78. The van der Waals surface area contributed by atoms with Crippen LogP contribution in [0.25, 0.3) is 0 Å². The first-order chi connectivity index (χ1) is 8.74. The Bertz CT molecular complexity index is 482. The van der Waals surface area contributed by atoms with Crippen molar-refractivity contribution in [1.82, 2.24) is 4.98 Å². The zero-order valence-corrected chi connectivity index (χ0v) is 11.6. The number of ether oxygens (including phenoxy) is 1. The summed E-state index contributed by atoms with van der Waals surface area (Å²) in [6.07, 6.45) is 2.62. The van der Waals surface area contributed by atoms with E-state index in [0.717, 1.165) is 27.8 Å². The van der Waals surface area contributed by atoms with Crippen LogP contribution in [0, 0.1) is 0 Å². The van der Waals surface area contributed by atoms with E-state index in [0.29, 0.717) is 13.2 Å². The average molecular weight is 307 g/mol. The summed E-state index contributed by atoms with van der Waals surface area (Å²) >= 11 is 3.41. The Kier molecular flexibility index (Phi) is 4.73. The summed E-state index contributed by atoms with van der Waals surface area (Å²) in [4.78, 5) is 4.24. The molecule has 0 saturated carbocycles. The minimum atomic E-state index is 0.566. The Labute approximate surface area is 115 Å². The highest BCUT2D eigenvalue weighted by molar-refractivity contribution is 9.10. The van der Waals surface area contributed by atoms with Crippen LogP contribution < -0.4 is 5.73 Å². The molecule has 18 heavy (non-hydrogen) atoms. The topological polar surface area (TPSA) is 48.1 Å². The van der Waals surface area contributed by atoms with Crippen LogP contribution in [0.3, 0.4) is 0 Å². The van der Waals surface area contributed by atoms with E-state index in [2.05, 4.69) is 20.9 Å². The summed E-state index contributed by atoms with van der Waals surface area (Å²) in [5.41, 5.74) is 8.62. The third kappa shape index (κ3) is 4.13. The molecule has 3 nitrogen and oxygen atoms in total. The molecule has 2 rings (SSSR count). The number of benzene rings is 1. The van der Waals surface area contributed by atoms with E-state index in [-0.39, 0.29) is 0 Å². The number of hydrogen-bond donors (Lipinski definition) is 1. The van der Waals surface area contributed by atoms with E-state index in [9.17, 15) is 0 Å². The fourth-order valence-electron chi connectivity index (χ4n) is 1.67. The minimum Gasteiger partial charge on any atom is -0.399 e. The van der Waals surface area contributed by atoms with Crippen LogP contribution in [-0.4, -0.2) is 11.6 Å². The Hall–Kier alpha value is -1.39. The van der Waals surface area contributed by atoms with Crippen molar-refractivity contribution in [2.75, 3.05) is 12.3 Å². The van der Waals surface area contributed by atoms with Crippen LogP contribution >= 0.6 is 15.9 Å². The van der Waals surface area contributed by atoms with Crippen LogP contribution in [0.2, 0.25) is 0 Å². The summed E-state index contributed by atoms with van der Waals surface area (Å²) in [7, 11) is 0. The van der Waals surface area contributed by atoms with Crippen LogP contribution in [0.5, 0.6) is 0 Å². The average Bonchev–Trinajstić information content (AvgIpc) is 2.35. The predicted molar refractivity (Wildman–Crippen MR) is 76.2 cm³/mol. The monoisotopic (exact) mass is 306 g/mol. The molecule has 0 atom stereocenters. The van der Waals surface area contributed by atoms with Gasteiger partial charge < -0.3 is 10.5 Å². The molecule has 0 aliphatic heterocycles. The molecule has 0 unspecified atom stereocenters. The van der Waals surface area contributed by atoms with Crippen molar-refractivity contribution in [2.45, 2.75) is 13.0 Å². The van der Waals surface area contributed by atoms with Crippen LogP contribution in [0.1, 0.15) is 11.3 Å². The molecular formula is C14H15BrN2O. The van der Waals surface area contributed by atoms with Gasteiger partial charge in [0.15, 0.2) is 0 Å². The van der Waals surface area contributed by atoms with Gasteiger partial charge >= 0.3 is 0 Å². The van der Waals surface area contributed by atoms with Crippen LogP contribution in [0.4, 0.5) is 5.69 Å². The maximum atomic E-state index is 5.76. The van der Waals surface area contributed by atoms with Crippen molar-refractivity contribution in [3.63, 3.8) is 0 Å². The van der Waals surface area contributed by atoms with E-state index < -0.39 is 0 Å². The number of anilines is 1. The number of nitrogen functional groups attached to an aromatic ring is 1. The molecule has 2 aromatic rings. The molecule has 4 heteroatoms. The third-order valence-electron chi connectivity index (χ3n) is 2.48. The van der Waals surface area contributed by atoms with E-state index in [1.54, 1.807) is 6.20 Å². The molecule has 0 fully saturated rings. The number of nitrogens with zero attached hydrogens (tertiary/aromatic N) is 1. The summed E-state index contributed by atoms with van der Waals surface area (Å²) in [5.74, 6) is 0. The molecule has 2 N–H and O–H groups in total. The first kappa shape index (κ1) is 13.1. The molecule has 0 spiro atoms. The second-order valence-electron chi connectivity index (χ2n) is 4.02. The zero-order valence-electron chi connectivity index (χ0n) is 9.97. The standard InChI is InChI=1S/C14H15BrN2O/c15-12-7-11(8-13(16)9-12)10-18-6-4-14-3-1-2-5-17-14/h1-3,5,7-9H,4,6,10,16H2. The van der Waals surface area contributed by atoms with Gasteiger partial charge in [-0.05, 0) is 35.9 Å². The number of halogens is 1. The van der Waals surface area contributed by atoms with Gasteiger partial charge in [0.1, 0.15) is 0 Å². The van der Waals surface area contributed by atoms with E-state index in [4.69, 9.17) is 10.5 Å². The number of aromatic nitrogens is 1. The number of hydrogen-bond acceptors (Lipinski definition) is 3. The molecule has 0 aliphatic rings. The van der Waals surface area contributed by atoms with Crippen molar-refractivity contribution in [3.8, 4) is 0 Å². The smallest absolute Gasteiger partial charge is 0.0718 e. The maximum Gasteiger partial charge on any atom is 0.0718 e. The van der Waals surface area contributed by atoms with Gasteiger partial charge in [-0.3, -0.25) is 4.98 Å². The zero-order chi connectivity index (χ0) is 12.8. The Morgan fingerprint density at radius 1 is 1.22 bits per heavy atom. The fourth-order valence-corrected chi connectivity index (χ4v) is 2.23. The molecule has 0 saturated heterocycles. The minimum absolute atomic E-state index is 0.566. The summed E-state index contributed by atoms with van der Waals surface area (Å²) in [6, 6.07) is 11.7. The summed E-state index contributed by atoms with van der Waals surface area (Å²) in [5, 5.41) is 0. The van der Waals surface area contributed by atoms with Crippen molar-refractivity contribution in [2.24, 2.45) is 0 Å². The fraction of sp³-hybridized carbons (Fsp3) is 0.214. The van der Waals surface area contributed by atoms with Gasteiger partial charge in [-0.2, -0.15) is 0 Å². The van der Waals surface area contributed by atoms with Crippen molar-refractivity contribution in [1.29, 1.82) is 0 Å². The van der Waals surface area contributed by atoms with Crippen molar-refractivity contribution < 1.29 is 4.74 Å². The van der Waals surface area contributed by atoms with Gasteiger partial charge in [0.25, 0.3) is 0 Å². The van der Waals surface area contributed by atoms with Crippen LogP contribution in [-0.2, 0) is 17.8 Å². The van der Waals surface area contributed by atoms with Gasteiger partial charge in [0.05, 0.1) is 13.2 Å². The van der Waals surface area contributed by atoms with E-state index in [1.165, 1.54) is 0 Å². The lowest BCUT2D eigenvalue weighted by Crippen LogP contribution is -2.01. The Morgan fingerprint density at radius 3 is 2.83 bits per heavy atom. The predicted octanol–water partition coefficient (Wildman–Crippen LogP) is 3.19. The molecule has 0 radical (unpaired) electrons. The van der Waals surface area contributed by atoms with Gasteiger partial charge in [-0.15, -0.1) is 0 Å². The SMILES string of the molecule is Nc1cc(Br)cc(COCCc2ccccn2)c1. The lowest BCUT2D eigenvalue weighted by Gasteiger charge is -2.06. The lowest BCUT2D eigenvalue weighted by atomic mass is 10.2. The molecule has 0 aliphatic carbocycles. The second-order valence-corrected chi connectivity index (χ2v) is 4.93. The lowest BCUT2D eigenvalue weighted by molar-refractivity contribution is 0.123. The molecule has 0 amide bonds. The summed E-state index contributed by atoms with van der Waals surface area (Å²) < 4.78 is 6.59. The Morgan fingerprint density at radius 2 is 2.11 bits per heavy atom. The van der Waals surface area contributed by atoms with E-state index >= 15 is 0 Å². The number of pyridine rings is 1. The van der Waals surface area contributed by atoms with Gasteiger partial charge in [0, 0.05) is 28.5 Å². The molecule has 1 aromatic carbocycles. The first-order valence-corrected chi connectivity index (χ1v) is 6.56. The maximum absolute atomic E-state index is 5.76. The molecule has 1 aromatic heterocycles. The number of rotatable bonds is 5. The first-order valence-electron chi connectivity index (χ1n) is 5.76. The van der Waals surface area contributed by atoms with Crippen molar-refractivity contribution in [3.05, 3.63) is 58.3 Å². The third-order valence-corrected chi connectivity index (χ3v) is 2.94. The second kappa shape index (κ2) is 6.52. The van der Waals surface area contributed by atoms with Gasteiger partial charge in [-0.1, -0.05) is 22.0 Å². The van der Waals surface area contributed by atoms with Gasteiger partial charge in [-0.25, -0.2) is 0 Å². The molecule has 94 valence electrons. The highest BCUT2D eigenvalue weighted by Crippen LogP contribution is 2.17. The number of nitrogens with two attached hydrogens (primary N) is 1. The van der Waals surface area contributed by atoms with E-state index in [1.807, 2.05) is 36.4 Å². The van der Waals surface area contributed by atoms with Crippen LogP contribution in [0.15, 0.2) is 47.1 Å². The molecule has 1 heterocycles. The highest BCUT2D eigenvalue weighted by Gasteiger charge is 1.98. The molecule has 0 bridgehead atoms. The highest BCUT2D eigenvalue weighted by atomic mass is 79.9. The summed E-state index contributed by atoms with van der Waals surface area (Å²) in [6.45, 7) is 1.22. The normalized spacial score (nSPS) is 10.5. The van der Waals surface area contributed by atoms with Gasteiger partial charge in [0.2, 0.25) is 0 Å². The largest absolute Gasteiger partial charge is 0.399 e. The quantitative estimate of drug-likeness (QED) is 0.682. The van der Waals surface area contributed by atoms with Crippen molar-refractivity contribution >= 4 is 21.6 Å². The molecular weight excluding hydrogens is 292 g/mol.